The van der Waals surface area contributed by atoms with Crippen LogP contribution in [0.3, 0.4) is 0 Å². The first-order valence-electron chi connectivity index (χ1n) is 9.08. The van der Waals surface area contributed by atoms with Crippen LogP contribution in [0.2, 0.25) is 0 Å². The molecule has 0 amide bonds. The van der Waals surface area contributed by atoms with Crippen LogP contribution in [0.4, 0.5) is 0 Å². The summed E-state index contributed by atoms with van der Waals surface area (Å²) in [5.74, 6) is -0.0253. The fraction of sp³-hybridized carbons (Fsp3) is 0.130. The third-order valence-electron chi connectivity index (χ3n) is 4.71. The van der Waals surface area contributed by atoms with Crippen molar-refractivity contribution in [1.29, 1.82) is 0 Å². The minimum Gasteiger partial charge on any atom is -0.507 e. The molecule has 5 heteroatoms. The normalized spacial score (nSPS) is 11.9. The highest BCUT2D eigenvalue weighted by Crippen LogP contribution is 2.27. The van der Waals surface area contributed by atoms with Gasteiger partial charge in [-0.05, 0) is 36.6 Å². The molecule has 0 unspecified atom stereocenters. The molecule has 2 heterocycles. The summed E-state index contributed by atoms with van der Waals surface area (Å²) in [4.78, 5) is 18.0. The maximum Gasteiger partial charge on any atom is 0.219 e. The summed E-state index contributed by atoms with van der Waals surface area (Å²) in [7, 11) is 0. The van der Waals surface area contributed by atoms with Crippen LogP contribution in [0.1, 0.15) is 23.1 Å². The first-order valence-corrected chi connectivity index (χ1v) is 9.89. The highest BCUT2D eigenvalue weighted by atomic mass is 32.1. The second-order valence-corrected chi connectivity index (χ2v) is 7.77. The molecule has 2 aromatic carbocycles. The van der Waals surface area contributed by atoms with Gasteiger partial charge in [0.15, 0.2) is 0 Å². The zero-order valence-corrected chi connectivity index (χ0v) is 16.5. The molecule has 0 aliphatic heterocycles. The topological polar surface area (TPSA) is 55.1 Å². The van der Waals surface area contributed by atoms with Crippen LogP contribution in [0.25, 0.3) is 27.2 Å². The van der Waals surface area contributed by atoms with Crippen LogP contribution in [0.15, 0.2) is 71.7 Å². The Bertz CT molecular complexity index is 1240. The average molecular weight is 388 g/mol. The molecular formula is C23H20N2O2S. The predicted octanol–water partition coefficient (Wildman–Crippen LogP) is 5.40. The zero-order valence-electron chi connectivity index (χ0n) is 15.7. The minimum absolute atomic E-state index is 0.0253. The van der Waals surface area contributed by atoms with Gasteiger partial charge in [0.05, 0.1) is 10.6 Å². The third-order valence-corrected chi connectivity index (χ3v) is 5.72. The van der Waals surface area contributed by atoms with E-state index in [4.69, 9.17) is 0 Å². The Hall–Kier alpha value is -3.18. The molecule has 4 nitrogen and oxygen atoms in total. The number of benzene rings is 2. The Morgan fingerprint density at radius 3 is 2.61 bits per heavy atom. The van der Waals surface area contributed by atoms with Crippen molar-refractivity contribution in [1.82, 2.24) is 9.55 Å². The number of thiazole rings is 1. The highest BCUT2D eigenvalue weighted by Gasteiger charge is 2.16. The Balaban J connectivity index is 1.90. The number of hydrogen-bond donors (Lipinski definition) is 1. The van der Waals surface area contributed by atoms with Gasteiger partial charge in [-0.2, -0.15) is 0 Å². The standard InChI is InChI=1S/C23H20N2O2S/c1-3-20(26)19-14-25(23-21(22(19)27)24-15(2)28-23)13-17-11-7-8-12-18(17)16-9-5-4-6-10-16/h3-12,14,26H,13H2,1-2H3. The first kappa shape index (κ1) is 18.2. The molecule has 1 N–H and O–H groups in total. The summed E-state index contributed by atoms with van der Waals surface area (Å²) in [6.45, 7) is 4.18. The maximum atomic E-state index is 12.8. The fourth-order valence-electron chi connectivity index (χ4n) is 3.36. The molecule has 0 spiro atoms. The number of nitrogens with zero attached hydrogens (tertiary/aromatic N) is 2. The molecule has 0 atom stereocenters. The number of aliphatic hydroxyl groups is 1. The Morgan fingerprint density at radius 2 is 1.86 bits per heavy atom. The van der Waals surface area contributed by atoms with E-state index in [9.17, 15) is 9.90 Å². The summed E-state index contributed by atoms with van der Waals surface area (Å²) >= 11 is 1.49. The van der Waals surface area contributed by atoms with Gasteiger partial charge >= 0.3 is 0 Å². The summed E-state index contributed by atoms with van der Waals surface area (Å²) < 4.78 is 2.01. The van der Waals surface area contributed by atoms with Crippen LogP contribution in [0, 0.1) is 6.92 Å². The van der Waals surface area contributed by atoms with Gasteiger partial charge in [0.25, 0.3) is 0 Å². The quantitative estimate of drug-likeness (QED) is 0.476. The van der Waals surface area contributed by atoms with Gasteiger partial charge in [-0.25, -0.2) is 4.98 Å². The molecule has 0 fully saturated rings. The van der Waals surface area contributed by atoms with Crippen molar-refractivity contribution in [2.75, 3.05) is 0 Å². The molecule has 140 valence electrons. The van der Waals surface area contributed by atoms with Crippen molar-refractivity contribution >= 4 is 27.4 Å². The van der Waals surface area contributed by atoms with Crippen molar-refractivity contribution in [2.24, 2.45) is 0 Å². The van der Waals surface area contributed by atoms with Crippen LogP contribution in [-0.4, -0.2) is 14.7 Å². The summed E-state index contributed by atoms with van der Waals surface area (Å²) in [6.07, 6.45) is 3.27. The maximum absolute atomic E-state index is 12.8. The molecular weight excluding hydrogens is 368 g/mol. The SMILES string of the molecule is CC=C(O)c1cn(Cc2ccccc2-c2ccccc2)c2sc(C)nc2c1=O. The van der Waals surface area contributed by atoms with Gasteiger partial charge in [-0.3, -0.25) is 4.79 Å². The number of hydrogen-bond acceptors (Lipinski definition) is 4. The Kier molecular flexibility index (Phi) is 4.84. The number of rotatable bonds is 4. The van der Waals surface area contributed by atoms with E-state index < -0.39 is 0 Å². The molecule has 0 bridgehead atoms. The van der Waals surface area contributed by atoms with E-state index in [1.807, 2.05) is 41.8 Å². The zero-order chi connectivity index (χ0) is 19.7. The lowest BCUT2D eigenvalue weighted by atomic mass is 9.99. The lowest BCUT2D eigenvalue weighted by Gasteiger charge is -2.14. The number of aromatic nitrogens is 2. The van der Waals surface area contributed by atoms with E-state index in [1.54, 1.807) is 13.1 Å². The van der Waals surface area contributed by atoms with Crippen LogP contribution in [-0.2, 0) is 6.54 Å². The number of pyridine rings is 1. The van der Waals surface area contributed by atoms with Crippen molar-refractivity contribution in [2.45, 2.75) is 20.4 Å². The van der Waals surface area contributed by atoms with Gasteiger partial charge in [-0.1, -0.05) is 54.6 Å². The number of allylic oxidation sites excluding steroid dienone is 1. The number of fused-ring (bicyclic) bond motifs is 1. The van der Waals surface area contributed by atoms with E-state index >= 15 is 0 Å². The van der Waals surface area contributed by atoms with E-state index in [-0.39, 0.29) is 16.8 Å². The van der Waals surface area contributed by atoms with Gasteiger partial charge in [0.1, 0.15) is 16.1 Å². The Morgan fingerprint density at radius 1 is 1.14 bits per heavy atom. The van der Waals surface area contributed by atoms with Crippen LogP contribution in [0.5, 0.6) is 0 Å². The molecule has 4 aromatic rings. The predicted molar refractivity (Wildman–Crippen MR) is 116 cm³/mol. The second-order valence-electron chi connectivity index (χ2n) is 6.58. The van der Waals surface area contributed by atoms with E-state index in [1.165, 1.54) is 17.4 Å². The van der Waals surface area contributed by atoms with Gasteiger partial charge < -0.3 is 9.67 Å². The summed E-state index contributed by atoms with van der Waals surface area (Å²) in [5.41, 5.74) is 3.88. The largest absolute Gasteiger partial charge is 0.507 e. The van der Waals surface area contributed by atoms with E-state index in [0.29, 0.717) is 12.1 Å². The Labute approximate surface area is 167 Å². The molecule has 2 aromatic heterocycles. The monoisotopic (exact) mass is 388 g/mol. The van der Waals surface area contributed by atoms with E-state index in [0.717, 1.165) is 26.5 Å². The summed E-state index contributed by atoms with van der Waals surface area (Å²) in [5, 5.41) is 11.1. The third kappa shape index (κ3) is 3.25. The smallest absolute Gasteiger partial charge is 0.219 e. The molecule has 4 rings (SSSR count). The molecule has 0 aliphatic rings. The van der Waals surface area contributed by atoms with Crippen molar-refractivity contribution < 1.29 is 5.11 Å². The fourth-order valence-corrected chi connectivity index (χ4v) is 4.24. The second kappa shape index (κ2) is 7.44. The van der Waals surface area contributed by atoms with Crippen molar-refractivity contribution in [3.8, 4) is 11.1 Å². The molecule has 28 heavy (non-hydrogen) atoms. The number of aryl methyl sites for hydroxylation is 1. The van der Waals surface area contributed by atoms with Crippen molar-refractivity contribution in [3.63, 3.8) is 0 Å². The molecule has 0 radical (unpaired) electrons. The van der Waals surface area contributed by atoms with Crippen LogP contribution >= 0.6 is 11.3 Å². The van der Waals surface area contributed by atoms with E-state index in [2.05, 4.69) is 29.2 Å². The lowest BCUT2D eigenvalue weighted by Crippen LogP contribution is -2.14. The minimum atomic E-state index is -0.234. The van der Waals surface area contributed by atoms with Gasteiger partial charge in [0.2, 0.25) is 5.43 Å². The summed E-state index contributed by atoms with van der Waals surface area (Å²) in [6, 6.07) is 18.5. The molecule has 0 saturated heterocycles. The molecule has 0 aliphatic carbocycles. The average Bonchev–Trinajstić information content (AvgIpc) is 3.13. The highest BCUT2D eigenvalue weighted by molar-refractivity contribution is 7.18. The van der Waals surface area contributed by atoms with Gasteiger partial charge in [-0.15, -0.1) is 11.3 Å². The van der Waals surface area contributed by atoms with Gasteiger partial charge in [0, 0.05) is 12.7 Å². The lowest BCUT2D eigenvalue weighted by molar-refractivity contribution is 0.509. The molecule has 0 saturated carbocycles. The first-order chi connectivity index (χ1) is 13.6. The number of aliphatic hydroxyl groups excluding tert-OH is 1. The van der Waals surface area contributed by atoms with Crippen LogP contribution < -0.4 is 5.43 Å². The van der Waals surface area contributed by atoms with Crippen molar-refractivity contribution in [3.05, 3.63) is 93.2 Å².